The lowest BCUT2D eigenvalue weighted by atomic mass is 10.1. The first-order chi connectivity index (χ1) is 10.8. The fourth-order valence-electron chi connectivity index (χ4n) is 1.58. The van der Waals surface area contributed by atoms with Crippen molar-refractivity contribution in [2.75, 3.05) is 25.0 Å². The third-order valence-electron chi connectivity index (χ3n) is 2.75. The number of benzene rings is 1. The van der Waals surface area contributed by atoms with E-state index in [1.54, 1.807) is 6.07 Å². The monoisotopic (exact) mass is 660 g/mol. The van der Waals surface area contributed by atoms with Crippen LogP contribution in [0.1, 0.15) is 10.4 Å². The summed E-state index contributed by atoms with van der Waals surface area (Å²) in [5.74, 6) is -0.373. The summed E-state index contributed by atoms with van der Waals surface area (Å²) in [6.07, 6.45) is -1.71. The number of hydrogen-bond donors (Lipinski definition) is 5. The van der Waals surface area contributed by atoms with Crippen LogP contribution in [0.5, 0.6) is 0 Å². The number of carbonyl (C=O) groups is 2. The minimum atomic E-state index is -1.13. The van der Waals surface area contributed by atoms with Crippen molar-refractivity contribution < 1.29 is 24.9 Å². The largest absolute Gasteiger partial charge is 0.394 e. The second-order valence-corrected chi connectivity index (χ2v) is 7.94. The molecule has 10 heteroatoms. The Morgan fingerprint density at radius 1 is 1.22 bits per heavy atom. The number of aliphatic hydroxyl groups excluding tert-OH is 3. The maximum absolute atomic E-state index is 12.3. The molecule has 1 aromatic carbocycles. The molecule has 0 radical (unpaired) electrons. The molecule has 128 valence electrons. The zero-order valence-electron chi connectivity index (χ0n) is 11.7. The summed E-state index contributed by atoms with van der Waals surface area (Å²) in [6.45, 7) is -0.446. The predicted molar refractivity (Wildman–Crippen MR) is 111 cm³/mol. The van der Waals surface area contributed by atoms with Crippen molar-refractivity contribution in [1.29, 1.82) is 0 Å². The molecule has 1 unspecified atom stereocenters. The van der Waals surface area contributed by atoms with Crippen LogP contribution in [0.15, 0.2) is 6.07 Å². The molecule has 7 nitrogen and oxygen atoms in total. The number of aldehydes is 1. The van der Waals surface area contributed by atoms with Gasteiger partial charge in [0.2, 0.25) is 0 Å². The molecule has 2 atom stereocenters. The van der Waals surface area contributed by atoms with Crippen molar-refractivity contribution in [2.24, 2.45) is 0 Å². The molecule has 0 aliphatic rings. The van der Waals surface area contributed by atoms with E-state index in [0.717, 1.165) is 7.14 Å². The normalized spacial score (nSPS) is 13.3. The number of nitrogens with one attached hydrogen (secondary N) is 2. The molecule has 0 aromatic heterocycles. The molecular weight excluding hydrogens is 645 g/mol. The van der Waals surface area contributed by atoms with Gasteiger partial charge in [-0.2, -0.15) is 0 Å². The SMILES string of the molecule is O=C[C@@H](O)CNc1c(I)cc(I)c(C(=O)NCC(O)CO)c1I. The quantitative estimate of drug-likeness (QED) is 0.206. The van der Waals surface area contributed by atoms with Crippen molar-refractivity contribution in [2.45, 2.75) is 12.2 Å². The Morgan fingerprint density at radius 3 is 2.43 bits per heavy atom. The smallest absolute Gasteiger partial charge is 0.253 e. The Bertz CT molecular complexity index is 585. The molecule has 1 aromatic rings. The van der Waals surface area contributed by atoms with Gasteiger partial charge in [0.15, 0.2) is 0 Å². The van der Waals surface area contributed by atoms with Crippen LogP contribution in [0, 0.1) is 10.7 Å². The van der Waals surface area contributed by atoms with E-state index in [1.807, 2.05) is 45.2 Å². The van der Waals surface area contributed by atoms with Gasteiger partial charge in [-0.05, 0) is 73.8 Å². The van der Waals surface area contributed by atoms with Crippen molar-refractivity contribution >= 4 is 85.7 Å². The number of hydrogen-bond acceptors (Lipinski definition) is 6. The number of anilines is 1. The molecule has 0 bridgehead atoms. The lowest BCUT2D eigenvalue weighted by Gasteiger charge is -2.17. The zero-order chi connectivity index (χ0) is 17.6. The molecule has 1 amide bonds. The Hall–Kier alpha value is 0.230. The van der Waals surface area contributed by atoms with E-state index >= 15 is 0 Å². The van der Waals surface area contributed by atoms with Gasteiger partial charge in [0.05, 0.1) is 27.5 Å². The van der Waals surface area contributed by atoms with Gasteiger partial charge < -0.3 is 30.7 Å². The molecule has 0 aliphatic carbocycles. The Balaban J connectivity index is 3.03. The lowest BCUT2D eigenvalue weighted by Crippen LogP contribution is -2.35. The number of halogens is 3. The van der Waals surface area contributed by atoms with Gasteiger partial charge in [0, 0.05) is 20.2 Å². The van der Waals surface area contributed by atoms with E-state index < -0.39 is 18.8 Å². The van der Waals surface area contributed by atoms with E-state index in [-0.39, 0.29) is 19.0 Å². The number of rotatable bonds is 8. The van der Waals surface area contributed by atoms with Crippen LogP contribution in [-0.2, 0) is 4.79 Å². The molecule has 0 heterocycles. The van der Waals surface area contributed by atoms with Gasteiger partial charge in [-0.3, -0.25) is 4.79 Å². The van der Waals surface area contributed by atoms with Gasteiger partial charge in [-0.1, -0.05) is 0 Å². The molecule has 0 saturated carbocycles. The van der Waals surface area contributed by atoms with Crippen molar-refractivity contribution in [3.8, 4) is 0 Å². The maximum atomic E-state index is 12.3. The number of amides is 1. The zero-order valence-corrected chi connectivity index (χ0v) is 18.2. The molecule has 0 spiro atoms. The minimum Gasteiger partial charge on any atom is -0.394 e. The van der Waals surface area contributed by atoms with Crippen molar-refractivity contribution in [1.82, 2.24) is 5.32 Å². The summed E-state index contributed by atoms with van der Waals surface area (Å²) in [4.78, 5) is 22.8. The van der Waals surface area contributed by atoms with Crippen LogP contribution in [0.4, 0.5) is 5.69 Å². The molecule has 5 N–H and O–H groups in total. The van der Waals surface area contributed by atoms with Gasteiger partial charge >= 0.3 is 0 Å². The summed E-state index contributed by atoms with van der Waals surface area (Å²) >= 11 is 6.16. The average Bonchev–Trinajstić information content (AvgIpc) is 2.51. The second-order valence-electron chi connectivity index (χ2n) is 4.53. The van der Waals surface area contributed by atoms with Crippen molar-refractivity contribution in [3.63, 3.8) is 0 Å². The summed E-state index contributed by atoms with van der Waals surface area (Å²) in [6, 6.07) is 1.80. The molecule has 0 aliphatic heterocycles. The molecular formula is C13H15I3N2O5. The van der Waals surface area contributed by atoms with E-state index in [1.165, 1.54) is 0 Å². The fraction of sp³-hybridized carbons (Fsp3) is 0.385. The third kappa shape index (κ3) is 6.22. The highest BCUT2D eigenvalue weighted by Gasteiger charge is 2.20. The van der Waals surface area contributed by atoms with Gasteiger partial charge in [-0.15, -0.1) is 0 Å². The third-order valence-corrected chi connectivity index (χ3v) is 5.53. The van der Waals surface area contributed by atoms with E-state index in [4.69, 9.17) is 5.11 Å². The first-order valence-corrected chi connectivity index (χ1v) is 9.67. The fourth-order valence-corrected chi connectivity index (χ4v) is 5.82. The second kappa shape index (κ2) is 10.3. The van der Waals surface area contributed by atoms with Gasteiger partial charge in [0.1, 0.15) is 12.4 Å². The highest BCUT2D eigenvalue weighted by molar-refractivity contribution is 14.1. The highest BCUT2D eigenvalue weighted by atomic mass is 127. The molecule has 0 saturated heterocycles. The highest BCUT2D eigenvalue weighted by Crippen LogP contribution is 2.31. The van der Waals surface area contributed by atoms with E-state index in [9.17, 15) is 19.8 Å². The molecule has 23 heavy (non-hydrogen) atoms. The number of carbonyl (C=O) groups excluding carboxylic acids is 2. The predicted octanol–water partition coefficient (Wildman–Crippen LogP) is 0.555. The van der Waals surface area contributed by atoms with Gasteiger partial charge in [-0.25, -0.2) is 0 Å². The van der Waals surface area contributed by atoms with Crippen LogP contribution >= 0.6 is 67.8 Å². The maximum Gasteiger partial charge on any atom is 0.253 e. The Kier molecular flexibility index (Phi) is 9.50. The van der Waals surface area contributed by atoms with E-state index in [0.29, 0.717) is 21.1 Å². The molecule has 1 rings (SSSR count). The summed E-state index contributed by atoms with van der Waals surface area (Å²) < 4.78 is 2.23. The Morgan fingerprint density at radius 2 is 1.87 bits per heavy atom. The standard InChI is InChI=1S/C13H15I3N2O5/c14-8-1-9(15)12(17-2-6(21)4-19)11(16)10(8)13(23)18-3-7(22)5-20/h1,4,6-7,17,20-22H,2-3,5H2,(H,18,23)/t6-,7?/m0/s1. The average molecular weight is 660 g/mol. The topological polar surface area (TPSA) is 119 Å². The lowest BCUT2D eigenvalue weighted by molar-refractivity contribution is -0.114. The number of aliphatic hydroxyl groups is 3. The van der Waals surface area contributed by atoms with Crippen LogP contribution in [-0.4, -0.2) is 59.4 Å². The van der Waals surface area contributed by atoms with Crippen molar-refractivity contribution in [3.05, 3.63) is 22.3 Å². The Labute approximate surface area is 174 Å². The summed E-state index contributed by atoms with van der Waals surface area (Å²) in [5.41, 5.74) is 1.08. The first-order valence-electron chi connectivity index (χ1n) is 6.43. The van der Waals surface area contributed by atoms with Crippen LogP contribution < -0.4 is 10.6 Å². The minimum absolute atomic E-state index is 0.0420. The molecule has 0 fully saturated rings. The van der Waals surface area contributed by atoms with E-state index in [2.05, 4.69) is 33.2 Å². The van der Waals surface area contributed by atoms with Gasteiger partial charge in [0.25, 0.3) is 5.91 Å². The van der Waals surface area contributed by atoms with Crippen LogP contribution in [0.25, 0.3) is 0 Å². The van der Waals surface area contributed by atoms with Crippen LogP contribution in [0.2, 0.25) is 0 Å². The summed E-state index contributed by atoms with van der Waals surface area (Å²) in [5, 5.41) is 33.0. The summed E-state index contributed by atoms with van der Waals surface area (Å²) in [7, 11) is 0. The van der Waals surface area contributed by atoms with Crippen LogP contribution in [0.3, 0.4) is 0 Å². The first kappa shape index (κ1) is 21.3.